The summed E-state index contributed by atoms with van der Waals surface area (Å²) >= 11 is 0. The van der Waals surface area contributed by atoms with Crippen molar-refractivity contribution >= 4 is 5.78 Å². The highest BCUT2D eigenvalue weighted by Crippen LogP contribution is 2.60. The van der Waals surface area contributed by atoms with E-state index in [4.69, 9.17) is 0 Å². The summed E-state index contributed by atoms with van der Waals surface area (Å²) in [6.45, 7) is 0. The lowest BCUT2D eigenvalue weighted by atomic mass is 9.83. The van der Waals surface area contributed by atoms with Crippen molar-refractivity contribution in [2.75, 3.05) is 0 Å². The number of alkyl halides is 18. The number of hydrogen-bond acceptors (Lipinski definition) is 1. The quantitative estimate of drug-likeness (QED) is 0.501. The molecule has 0 saturated heterocycles. The highest BCUT2D eigenvalue weighted by Gasteiger charge is 2.93. The van der Waals surface area contributed by atoms with E-state index in [1.807, 2.05) is 0 Å². The fraction of sp³-hybridized carbons (Fsp3) is 0.889. The van der Waals surface area contributed by atoms with Gasteiger partial charge in [0.2, 0.25) is 0 Å². The van der Waals surface area contributed by atoms with Gasteiger partial charge in [-0.25, -0.2) is 8.78 Å². The minimum absolute atomic E-state index is 5.91. The topological polar surface area (TPSA) is 17.1 Å². The summed E-state index contributed by atoms with van der Waals surface area (Å²) in [5.74, 6) is -22.7. The van der Waals surface area contributed by atoms with Crippen molar-refractivity contribution in [1.29, 1.82) is 0 Å². The van der Waals surface area contributed by atoms with Gasteiger partial charge < -0.3 is 0 Å². The van der Waals surface area contributed by atoms with Crippen molar-refractivity contribution in [3.8, 4) is 0 Å². The number of Topliss-reactive ketones (excluding diaryl/α,β-unsaturated/α-hetero) is 1. The zero-order chi connectivity index (χ0) is 23.6. The normalized spacial score (nSPS) is 16.4. The van der Waals surface area contributed by atoms with Crippen molar-refractivity contribution < 1.29 is 83.8 Å². The van der Waals surface area contributed by atoms with E-state index in [0.717, 1.165) is 0 Å². The molecular formula is C9F18O. The highest BCUT2D eigenvalue weighted by atomic mass is 19.4. The van der Waals surface area contributed by atoms with Crippen molar-refractivity contribution in [3.05, 3.63) is 0 Å². The third-order valence-corrected chi connectivity index (χ3v) is 3.00. The van der Waals surface area contributed by atoms with Gasteiger partial charge in [0.05, 0.1) is 0 Å². The van der Waals surface area contributed by atoms with Gasteiger partial charge in [0.1, 0.15) is 0 Å². The van der Waals surface area contributed by atoms with Crippen LogP contribution in [0.5, 0.6) is 0 Å². The van der Waals surface area contributed by atoms with Crippen LogP contribution in [0.4, 0.5) is 79.0 Å². The molecule has 0 rings (SSSR count). The molecule has 0 unspecified atom stereocenters. The predicted molar refractivity (Wildman–Crippen MR) is 46.8 cm³/mol. The zero-order valence-corrected chi connectivity index (χ0v) is 11.7. The first-order valence-electron chi connectivity index (χ1n) is 5.61. The highest BCUT2D eigenvalue weighted by molar-refractivity contribution is 5.95. The summed E-state index contributed by atoms with van der Waals surface area (Å²) < 4.78 is 224. The van der Waals surface area contributed by atoms with Crippen LogP contribution < -0.4 is 0 Å². The molecule has 0 aromatic heterocycles. The summed E-state index contributed by atoms with van der Waals surface area (Å²) in [5.41, 5.74) is -16.8. The lowest BCUT2D eigenvalue weighted by molar-refractivity contribution is -0.404. The Labute approximate surface area is 139 Å². The van der Waals surface area contributed by atoms with Crippen LogP contribution in [-0.2, 0) is 4.79 Å². The number of halogens is 18. The Bertz CT molecular complexity index is 519. The Morgan fingerprint density at radius 3 is 0.607 bits per heavy atom. The van der Waals surface area contributed by atoms with Crippen LogP contribution in [0.25, 0.3) is 0 Å². The monoisotopic (exact) mass is 466 g/mol. The van der Waals surface area contributed by atoms with Gasteiger partial charge in [-0.05, 0) is 0 Å². The first kappa shape index (κ1) is 26.4. The number of carbonyl (C=O) groups excluding carboxylic acids is 1. The molecule has 19 heteroatoms. The second-order valence-electron chi connectivity index (χ2n) is 4.79. The van der Waals surface area contributed by atoms with Gasteiger partial charge in [0, 0.05) is 0 Å². The van der Waals surface area contributed by atoms with Crippen LogP contribution in [0.3, 0.4) is 0 Å². The van der Waals surface area contributed by atoms with Gasteiger partial charge >= 0.3 is 47.9 Å². The molecule has 0 aliphatic rings. The Balaban J connectivity index is 6.98. The lowest BCUT2D eigenvalue weighted by Crippen LogP contribution is -2.74. The molecule has 0 spiro atoms. The fourth-order valence-electron chi connectivity index (χ4n) is 1.54. The second kappa shape index (κ2) is 6.20. The van der Waals surface area contributed by atoms with Crippen LogP contribution in [0, 0.1) is 0 Å². The van der Waals surface area contributed by atoms with Gasteiger partial charge in [-0.1, -0.05) is 0 Å². The molecule has 168 valence electrons. The van der Waals surface area contributed by atoms with E-state index in [1.165, 1.54) is 0 Å². The smallest absolute Gasteiger partial charge is 0.286 e. The summed E-state index contributed by atoms with van der Waals surface area (Å²) in [6.07, 6.45) is -32.3. The van der Waals surface area contributed by atoms with Gasteiger partial charge in [0.15, 0.2) is 0 Å². The molecule has 0 bridgehead atoms. The molecule has 28 heavy (non-hydrogen) atoms. The van der Waals surface area contributed by atoms with Crippen LogP contribution in [0.2, 0.25) is 0 Å². The molecule has 0 amide bonds. The first-order chi connectivity index (χ1) is 11.7. The maximum Gasteiger partial charge on any atom is 0.438 e. The van der Waals surface area contributed by atoms with Crippen molar-refractivity contribution in [2.45, 2.75) is 47.9 Å². The molecular weight excluding hydrogens is 466 g/mol. The molecule has 0 aliphatic carbocycles. The molecule has 0 aromatic rings. The maximum atomic E-state index is 13.1. The molecule has 0 atom stereocenters. The molecule has 0 N–H and O–H groups in total. The maximum absolute atomic E-state index is 13.1. The molecule has 0 aromatic carbocycles. The van der Waals surface area contributed by atoms with Gasteiger partial charge in [-0.3, -0.25) is 4.79 Å². The third-order valence-electron chi connectivity index (χ3n) is 3.00. The Morgan fingerprint density at radius 2 is 0.500 bits per heavy atom. The van der Waals surface area contributed by atoms with Gasteiger partial charge in [-0.15, -0.1) is 0 Å². The van der Waals surface area contributed by atoms with Crippen LogP contribution >= 0.6 is 0 Å². The average Bonchev–Trinajstić information content (AvgIpc) is 2.39. The van der Waals surface area contributed by atoms with E-state index in [-0.39, 0.29) is 0 Å². The van der Waals surface area contributed by atoms with Crippen LogP contribution in [0.15, 0.2) is 0 Å². The van der Waals surface area contributed by atoms with Gasteiger partial charge in [-0.2, -0.15) is 70.2 Å². The van der Waals surface area contributed by atoms with Crippen LogP contribution in [0.1, 0.15) is 0 Å². The first-order valence-corrected chi connectivity index (χ1v) is 5.61. The molecule has 0 heterocycles. The number of carbonyl (C=O) groups is 1. The van der Waals surface area contributed by atoms with Crippen LogP contribution in [-0.4, -0.2) is 53.7 Å². The molecule has 0 fully saturated rings. The predicted octanol–water partition coefficient (Wildman–Crippen LogP) is 5.49. The number of hydrogen-bond donors (Lipinski definition) is 0. The second-order valence-corrected chi connectivity index (χ2v) is 4.79. The minimum atomic E-state index is -8.40. The largest absolute Gasteiger partial charge is 0.438 e. The standard InChI is InChI=1S/C9F18O/c10-2(11,4(14,6(16,17)18)7(19,20)21)1(28)3(12,13)5(15,8(22,23)24)9(25,26)27. The SMILES string of the molecule is O=C(C(F)(F)C(F)(C(F)(F)F)C(F)(F)F)C(F)(F)C(F)(C(F)(F)F)C(F)(F)F. The molecule has 1 nitrogen and oxygen atoms in total. The molecule has 0 saturated carbocycles. The average molecular weight is 466 g/mol. The molecule has 0 aliphatic heterocycles. The summed E-state index contributed by atoms with van der Waals surface area (Å²) in [6, 6.07) is 0. The number of rotatable bonds is 4. The van der Waals surface area contributed by atoms with Crippen molar-refractivity contribution in [1.82, 2.24) is 0 Å². The van der Waals surface area contributed by atoms with E-state index in [1.54, 1.807) is 0 Å². The van der Waals surface area contributed by atoms with E-state index in [2.05, 4.69) is 0 Å². The van der Waals surface area contributed by atoms with E-state index in [0.29, 0.717) is 0 Å². The Morgan fingerprint density at radius 1 is 0.357 bits per heavy atom. The van der Waals surface area contributed by atoms with E-state index < -0.39 is 53.7 Å². The zero-order valence-electron chi connectivity index (χ0n) is 11.7. The third kappa shape index (κ3) is 3.22. The van der Waals surface area contributed by atoms with Crippen molar-refractivity contribution in [2.24, 2.45) is 0 Å². The lowest BCUT2D eigenvalue weighted by Gasteiger charge is -2.40. The van der Waals surface area contributed by atoms with E-state index in [9.17, 15) is 83.8 Å². The summed E-state index contributed by atoms with van der Waals surface area (Å²) in [5, 5.41) is 0. The Kier molecular flexibility index (Phi) is 5.85. The van der Waals surface area contributed by atoms with Gasteiger partial charge in [0.25, 0.3) is 5.78 Å². The fourth-order valence-corrected chi connectivity index (χ4v) is 1.54. The Hall–Kier alpha value is -1.59. The summed E-state index contributed by atoms with van der Waals surface area (Å²) in [4.78, 5) is 10.6. The van der Waals surface area contributed by atoms with Crippen molar-refractivity contribution in [3.63, 3.8) is 0 Å². The number of ketones is 1. The minimum Gasteiger partial charge on any atom is -0.286 e. The summed E-state index contributed by atoms with van der Waals surface area (Å²) in [7, 11) is 0. The van der Waals surface area contributed by atoms with E-state index >= 15 is 0 Å². The molecule has 0 radical (unpaired) electrons.